The molecule has 0 amide bonds. The molecule has 0 atom stereocenters. The maximum absolute atomic E-state index is 4.51. The van der Waals surface area contributed by atoms with Gasteiger partial charge < -0.3 is 9.88 Å². The van der Waals surface area contributed by atoms with E-state index in [1.54, 1.807) is 0 Å². The molecule has 0 spiro atoms. The lowest BCUT2D eigenvalue weighted by Crippen LogP contribution is -2.18. The van der Waals surface area contributed by atoms with Gasteiger partial charge >= 0.3 is 0 Å². The fourth-order valence-corrected chi connectivity index (χ4v) is 2.36. The van der Waals surface area contributed by atoms with E-state index < -0.39 is 0 Å². The molecule has 88 valence electrons. The Balaban J connectivity index is 1.71. The topological polar surface area (TPSA) is 29.9 Å². The zero-order valence-electron chi connectivity index (χ0n) is 9.89. The zero-order chi connectivity index (χ0) is 11.5. The molecular formula is C14H17N3. The van der Waals surface area contributed by atoms with Gasteiger partial charge in [-0.1, -0.05) is 30.3 Å². The molecule has 1 aliphatic heterocycles. The first kappa shape index (κ1) is 10.4. The molecule has 1 aliphatic rings. The SMILES string of the molecule is c1ccc(CCc2ncc3n2CCCN3)cc1. The van der Waals surface area contributed by atoms with Crippen molar-refractivity contribution in [1.82, 2.24) is 9.55 Å². The van der Waals surface area contributed by atoms with Gasteiger partial charge in [0.15, 0.2) is 0 Å². The Hall–Kier alpha value is -1.77. The molecule has 3 heteroatoms. The van der Waals surface area contributed by atoms with Crippen LogP contribution in [0, 0.1) is 0 Å². The number of nitrogens with one attached hydrogen (secondary N) is 1. The van der Waals surface area contributed by atoms with Crippen molar-refractivity contribution in [2.45, 2.75) is 25.8 Å². The molecule has 0 fully saturated rings. The standard InChI is InChI=1S/C14H17N3/c1-2-5-12(6-3-1)7-8-13-16-11-14-15-9-4-10-17(13)14/h1-3,5-6,11,15H,4,7-10H2. The predicted molar refractivity (Wildman–Crippen MR) is 69.2 cm³/mol. The Morgan fingerprint density at radius 2 is 2.06 bits per heavy atom. The first-order valence-electron chi connectivity index (χ1n) is 6.26. The van der Waals surface area contributed by atoms with Crippen LogP contribution in [0.3, 0.4) is 0 Å². The summed E-state index contributed by atoms with van der Waals surface area (Å²) >= 11 is 0. The van der Waals surface area contributed by atoms with Crippen LogP contribution in [0.25, 0.3) is 0 Å². The quantitative estimate of drug-likeness (QED) is 0.873. The first-order chi connectivity index (χ1) is 8.43. The highest BCUT2D eigenvalue weighted by Gasteiger charge is 2.12. The number of aromatic nitrogens is 2. The van der Waals surface area contributed by atoms with Gasteiger partial charge in [-0.2, -0.15) is 0 Å². The van der Waals surface area contributed by atoms with E-state index in [1.165, 1.54) is 23.6 Å². The molecule has 17 heavy (non-hydrogen) atoms. The van der Waals surface area contributed by atoms with Crippen molar-refractivity contribution in [3.8, 4) is 0 Å². The van der Waals surface area contributed by atoms with Gasteiger partial charge in [-0.25, -0.2) is 4.98 Å². The third-order valence-electron chi connectivity index (χ3n) is 3.28. The van der Waals surface area contributed by atoms with E-state index in [4.69, 9.17) is 0 Å². The number of hydrogen-bond donors (Lipinski definition) is 1. The second kappa shape index (κ2) is 4.62. The lowest BCUT2D eigenvalue weighted by molar-refractivity contribution is 0.597. The Morgan fingerprint density at radius 3 is 2.94 bits per heavy atom. The molecule has 0 radical (unpaired) electrons. The number of fused-ring (bicyclic) bond motifs is 1. The summed E-state index contributed by atoms with van der Waals surface area (Å²) in [6.45, 7) is 2.18. The van der Waals surface area contributed by atoms with Crippen LogP contribution in [0.2, 0.25) is 0 Å². The van der Waals surface area contributed by atoms with Crippen LogP contribution in [0.5, 0.6) is 0 Å². The van der Waals surface area contributed by atoms with E-state index >= 15 is 0 Å². The summed E-state index contributed by atoms with van der Waals surface area (Å²) in [4.78, 5) is 4.51. The van der Waals surface area contributed by atoms with Gasteiger partial charge in [0.2, 0.25) is 0 Å². The van der Waals surface area contributed by atoms with Crippen LogP contribution in [0.15, 0.2) is 36.5 Å². The molecule has 0 saturated heterocycles. The maximum atomic E-state index is 4.51. The number of imidazole rings is 1. The molecule has 0 saturated carbocycles. The number of rotatable bonds is 3. The normalized spacial score (nSPS) is 14.1. The van der Waals surface area contributed by atoms with Gasteiger partial charge in [0.1, 0.15) is 11.6 Å². The maximum Gasteiger partial charge on any atom is 0.126 e. The molecule has 2 heterocycles. The van der Waals surface area contributed by atoms with Crippen LogP contribution in [-0.2, 0) is 19.4 Å². The summed E-state index contributed by atoms with van der Waals surface area (Å²) < 4.78 is 2.31. The monoisotopic (exact) mass is 227 g/mol. The van der Waals surface area contributed by atoms with Gasteiger partial charge in [-0.3, -0.25) is 0 Å². The van der Waals surface area contributed by atoms with Crippen LogP contribution in [0.1, 0.15) is 17.8 Å². The van der Waals surface area contributed by atoms with Gasteiger partial charge in [-0.15, -0.1) is 0 Å². The second-order valence-electron chi connectivity index (χ2n) is 4.48. The molecular weight excluding hydrogens is 210 g/mol. The molecule has 3 nitrogen and oxygen atoms in total. The smallest absolute Gasteiger partial charge is 0.126 e. The third kappa shape index (κ3) is 2.18. The minimum atomic E-state index is 1.02. The lowest BCUT2D eigenvalue weighted by Gasteiger charge is -2.18. The highest BCUT2D eigenvalue weighted by Crippen LogP contribution is 2.17. The molecule has 3 rings (SSSR count). The number of hydrogen-bond acceptors (Lipinski definition) is 2. The molecule has 1 aromatic heterocycles. The fraction of sp³-hybridized carbons (Fsp3) is 0.357. The minimum Gasteiger partial charge on any atom is -0.370 e. The highest BCUT2D eigenvalue weighted by molar-refractivity contribution is 5.36. The minimum absolute atomic E-state index is 1.02. The van der Waals surface area contributed by atoms with Crippen LogP contribution < -0.4 is 5.32 Å². The van der Waals surface area contributed by atoms with Crippen molar-refractivity contribution in [3.63, 3.8) is 0 Å². The van der Waals surface area contributed by atoms with E-state index in [0.29, 0.717) is 0 Å². The van der Waals surface area contributed by atoms with E-state index in [1.807, 2.05) is 6.20 Å². The molecule has 1 N–H and O–H groups in total. The number of benzene rings is 1. The fourth-order valence-electron chi connectivity index (χ4n) is 2.36. The Morgan fingerprint density at radius 1 is 1.18 bits per heavy atom. The Bertz CT molecular complexity index is 487. The lowest BCUT2D eigenvalue weighted by atomic mass is 10.1. The summed E-state index contributed by atoms with van der Waals surface area (Å²) in [5.41, 5.74) is 1.38. The average molecular weight is 227 g/mol. The van der Waals surface area contributed by atoms with Crippen molar-refractivity contribution in [3.05, 3.63) is 47.9 Å². The van der Waals surface area contributed by atoms with E-state index in [2.05, 4.69) is 45.2 Å². The zero-order valence-corrected chi connectivity index (χ0v) is 9.89. The van der Waals surface area contributed by atoms with Crippen molar-refractivity contribution in [2.75, 3.05) is 11.9 Å². The van der Waals surface area contributed by atoms with Crippen LogP contribution in [0.4, 0.5) is 5.82 Å². The van der Waals surface area contributed by atoms with E-state index in [0.717, 1.165) is 25.9 Å². The summed E-state index contributed by atoms with van der Waals surface area (Å²) in [6, 6.07) is 10.6. The predicted octanol–water partition coefficient (Wildman–Crippen LogP) is 2.48. The summed E-state index contributed by atoms with van der Waals surface area (Å²) in [5, 5.41) is 3.38. The highest BCUT2D eigenvalue weighted by atomic mass is 15.2. The number of nitrogens with zero attached hydrogens (tertiary/aromatic N) is 2. The van der Waals surface area contributed by atoms with Gasteiger partial charge in [0, 0.05) is 19.5 Å². The van der Waals surface area contributed by atoms with E-state index in [9.17, 15) is 0 Å². The second-order valence-corrected chi connectivity index (χ2v) is 4.48. The third-order valence-corrected chi connectivity index (χ3v) is 3.28. The average Bonchev–Trinajstić information content (AvgIpc) is 2.81. The Labute approximate surface area is 101 Å². The molecule has 0 unspecified atom stereocenters. The molecule has 1 aromatic carbocycles. The van der Waals surface area contributed by atoms with Gasteiger partial charge in [-0.05, 0) is 18.4 Å². The van der Waals surface area contributed by atoms with Crippen LogP contribution in [-0.4, -0.2) is 16.1 Å². The summed E-state index contributed by atoms with van der Waals surface area (Å²) in [5.74, 6) is 2.38. The summed E-state index contributed by atoms with van der Waals surface area (Å²) in [7, 11) is 0. The number of anilines is 1. The molecule has 0 aliphatic carbocycles. The van der Waals surface area contributed by atoms with Crippen molar-refractivity contribution >= 4 is 5.82 Å². The largest absolute Gasteiger partial charge is 0.370 e. The Kier molecular flexibility index (Phi) is 2.82. The van der Waals surface area contributed by atoms with Crippen LogP contribution >= 0.6 is 0 Å². The molecule has 2 aromatic rings. The van der Waals surface area contributed by atoms with Gasteiger partial charge in [0.05, 0.1) is 6.20 Å². The van der Waals surface area contributed by atoms with Crippen molar-refractivity contribution in [2.24, 2.45) is 0 Å². The summed E-state index contributed by atoms with van der Waals surface area (Å²) in [6.07, 6.45) is 5.24. The first-order valence-corrected chi connectivity index (χ1v) is 6.26. The number of aryl methyl sites for hydroxylation is 2. The van der Waals surface area contributed by atoms with Crippen molar-refractivity contribution < 1.29 is 0 Å². The van der Waals surface area contributed by atoms with Crippen molar-refractivity contribution in [1.29, 1.82) is 0 Å². The van der Waals surface area contributed by atoms with E-state index in [-0.39, 0.29) is 0 Å². The molecule has 0 bridgehead atoms. The van der Waals surface area contributed by atoms with Gasteiger partial charge in [0.25, 0.3) is 0 Å².